The molecule has 1 unspecified atom stereocenters. The summed E-state index contributed by atoms with van der Waals surface area (Å²) in [4.78, 5) is 0. The van der Waals surface area contributed by atoms with E-state index in [1.165, 1.54) is 22.3 Å². The van der Waals surface area contributed by atoms with E-state index in [0.717, 1.165) is 9.52 Å². The fraction of sp³-hybridized carbons (Fsp3) is 0.524. The summed E-state index contributed by atoms with van der Waals surface area (Å²) in [7, 11) is 1.08. The molecule has 0 spiro atoms. The summed E-state index contributed by atoms with van der Waals surface area (Å²) >= 11 is 0. The Kier molecular flexibility index (Phi) is 20.7. The van der Waals surface area contributed by atoms with Gasteiger partial charge in [0.25, 0.3) is 0 Å². The number of halogens is 2. The van der Waals surface area contributed by atoms with Crippen LogP contribution in [0.2, 0.25) is 13.1 Å². The first kappa shape index (κ1) is 33.6. The standard InChI is InChI=1S/C10H14N.C9H13.C2H6Si.2ClH.Ti/c1-10(2,3)8-5-4-6-9(11)7-8;1-6-5-7(2)9(4)8(6)3;1-3-2;;;/h4-7,11H,1-3H3;6H,1-4H3;1-2H3;2*1H;/q2*-1;;;;+2. The summed E-state index contributed by atoms with van der Waals surface area (Å²) in [5, 5.41) is 0. The maximum atomic E-state index is 7.42. The van der Waals surface area contributed by atoms with Crippen molar-refractivity contribution in [3.8, 4) is 0 Å². The molecule has 0 saturated carbocycles. The van der Waals surface area contributed by atoms with E-state index in [9.17, 15) is 0 Å². The maximum absolute atomic E-state index is 7.42. The molecule has 0 aromatic heterocycles. The van der Waals surface area contributed by atoms with Crippen LogP contribution in [0.3, 0.4) is 0 Å². The Morgan fingerprint density at radius 2 is 1.50 bits per heavy atom. The summed E-state index contributed by atoms with van der Waals surface area (Å²) in [6.07, 6.45) is 3.36. The first-order chi connectivity index (χ1) is 10.5. The summed E-state index contributed by atoms with van der Waals surface area (Å²) in [5.74, 6) is 0.560. The van der Waals surface area contributed by atoms with E-state index in [-0.39, 0.29) is 51.9 Å². The van der Waals surface area contributed by atoms with E-state index in [2.05, 4.69) is 73.7 Å². The number of rotatable bonds is 0. The first-order valence-corrected chi connectivity index (χ1v) is 10.2. The third kappa shape index (κ3) is 12.4. The van der Waals surface area contributed by atoms with Crippen LogP contribution in [-0.4, -0.2) is 9.52 Å². The molecule has 0 bridgehead atoms. The summed E-state index contributed by atoms with van der Waals surface area (Å²) < 4.78 is 0. The maximum Gasteiger partial charge on any atom is 2.00 e. The molecule has 1 nitrogen and oxygen atoms in total. The van der Waals surface area contributed by atoms with Crippen LogP contribution in [0.15, 0.2) is 41.0 Å². The largest absolute Gasteiger partial charge is 2.00 e. The van der Waals surface area contributed by atoms with Crippen molar-refractivity contribution in [1.29, 1.82) is 0 Å². The number of hydrogen-bond donors (Lipinski definition) is 0. The van der Waals surface area contributed by atoms with Crippen molar-refractivity contribution in [3.63, 3.8) is 0 Å². The Morgan fingerprint density at radius 1 is 1.04 bits per heavy atom. The molecular weight excluding hydrogens is 413 g/mol. The van der Waals surface area contributed by atoms with Gasteiger partial charge in [0.1, 0.15) is 0 Å². The second-order valence-electron chi connectivity index (χ2n) is 7.13. The molecule has 0 heterocycles. The van der Waals surface area contributed by atoms with Crippen LogP contribution in [0.5, 0.6) is 0 Å². The van der Waals surface area contributed by atoms with Gasteiger partial charge in [0.05, 0.1) is 0 Å². The van der Waals surface area contributed by atoms with Crippen LogP contribution >= 0.6 is 24.8 Å². The molecule has 1 N–H and O–H groups in total. The zero-order valence-corrected chi connectivity index (χ0v) is 21.9. The van der Waals surface area contributed by atoms with Gasteiger partial charge in [-0.1, -0.05) is 84.8 Å². The molecule has 1 aliphatic carbocycles. The van der Waals surface area contributed by atoms with E-state index in [4.69, 9.17) is 5.73 Å². The Balaban J connectivity index is -0.000000148. The third-order valence-electron chi connectivity index (χ3n) is 3.97. The van der Waals surface area contributed by atoms with Gasteiger partial charge in [-0.15, -0.1) is 37.4 Å². The number of hydrogen-bond acceptors (Lipinski definition) is 0. The molecule has 0 saturated heterocycles. The summed E-state index contributed by atoms with van der Waals surface area (Å²) in [5.41, 5.74) is 13.6. The molecule has 2 radical (unpaired) electrons. The van der Waals surface area contributed by atoms with Gasteiger partial charge in [0, 0.05) is 9.52 Å². The van der Waals surface area contributed by atoms with E-state index >= 15 is 0 Å². The molecule has 0 aliphatic heterocycles. The Bertz CT molecular complexity index is 563. The fourth-order valence-corrected chi connectivity index (χ4v) is 2.15. The zero-order chi connectivity index (χ0) is 18.2. The van der Waals surface area contributed by atoms with Crippen molar-refractivity contribution >= 4 is 40.0 Å². The van der Waals surface area contributed by atoms with E-state index in [1.807, 2.05) is 12.1 Å². The van der Waals surface area contributed by atoms with Gasteiger partial charge < -0.3 is 5.73 Å². The van der Waals surface area contributed by atoms with Gasteiger partial charge in [-0.05, 0) is 11.0 Å². The normalized spacial score (nSPS) is 15.0. The Hall–Kier alpha value is 0.0112. The van der Waals surface area contributed by atoms with Crippen LogP contribution in [0.25, 0.3) is 5.73 Å². The summed E-state index contributed by atoms with van der Waals surface area (Å²) in [6, 6.07) is 7.72. The zero-order valence-electron chi connectivity index (χ0n) is 17.7. The van der Waals surface area contributed by atoms with Crippen molar-refractivity contribution in [3.05, 3.63) is 58.4 Å². The Labute approximate surface area is 192 Å². The van der Waals surface area contributed by atoms with Crippen molar-refractivity contribution in [2.45, 2.75) is 67.0 Å². The Morgan fingerprint density at radius 3 is 1.69 bits per heavy atom. The van der Waals surface area contributed by atoms with Gasteiger partial charge >= 0.3 is 21.7 Å². The minimum Gasteiger partial charge on any atom is -0.699 e. The molecule has 0 fully saturated rings. The van der Waals surface area contributed by atoms with Gasteiger partial charge in [-0.25, -0.2) is 5.57 Å². The molecule has 5 heteroatoms. The monoisotopic (exact) mass is 447 g/mol. The van der Waals surface area contributed by atoms with Crippen LogP contribution in [0, 0.1) is 12.0 Å². The molecule has 2 rings (SSSR count). The predicted molar refractivity (Wildman–Crippen MR) is 121 cm³/mol. The summed E-state index contributed by atoms with van der Waals surface area (Å²) in [6.45, 7) is 19.4. The van der Waals surface area contributed by atoms with E-state index in [1.54, 1.807) is 6.07 Å². The van der Waals surface area contributed by atoms with E-state index < -0.39 is 0 Å². The quantitative estimate of drug-likeness (QED) is 0.284. The molecule has 1 aromatic rings. The number of benzene rings is 1. The average molecular weight is 448 g/mol. The van der Waals surface area contributed by atoms with Crippen LogP contribution in [-0.2, 0) is 27.1 Å². The van der Waals surface area contributed by atoms with Crippen molar-refractivity contribution < 1.29 is 21.7 Å². The van der Waals surface area contributed by atoms with Gasteiger partial charge in [-0.3, -0.25) is 6.08 Å². The molecule has 26 heavy (non-hydrogen) atoms. The first-order valence-electron chi connectivity index (χ1n) is 8.23. The van der Waals surface area contributed by atoms with Crippen molar-refractivity contribution in [2.75, 3.05) is 0 Å². The SMILES string of the molecule is CC(C)(C)c1cccc([NH-])c1.CC1=[C-]C(C)C(C)=C1C.C[Si]C.Cl.Cl.[Ti+2]. The average Bonchev–Trinajstić information content (AvgIpc) is 2.66. The predicted octanol–water partition coefficient (Wildman–Crippen LogP) is 8.02. The molecule has 0 amide bonds. The minimum absolute atomic E-state index is 0. The molecule has 146 valence electrons. The van der Waals surface area contributed by atoms with Gasteiger partial charge in [0.2, 0.25) is 0 Å². The fourth-order valence-electron chi connectivity index (χ4n) is 2.15. The van der Waals surface area contributed by atoms with Crippen LogP contribution in [0.1, 0.15) is 54.0 Å². The van der Waals surface area contributed by atoms with Crippen molar-refractivity contribution in [2.24, 2.45) is 5.92 Å². The second kappa shape index (κ2) is 16.0. The van der Waals surface area contributed by atoms with Gasteiger partial charge in [-0.2, -0.15) is 11.1 Å². The third-order valence-corrected chi connectivity index (χ3v) is 3.97. The molecule has 1 aromatic carbocycles. The molecule has 1 aliphatic rings. The van der Waals surface area contributed by atoms with Crippen LogP contribution < -0.4 is 0 Å². The molecular formula is C21H35Cl2NSiTi. The smallest absolute Gasteiger partial charge is 0.699 e. The number of nitrogens with one attached hydrogen (secondary N) is 1. The van der Waals surface area contributed by atoms with Crippen molar-refractivity contribution in [1.82, 2.24) is 0 Å². The minimum atomic E-state index is 0. The topological polar surface area (TPSA) is 23.8 Å². The van der Waals surface area contributed by atoms with E-state index in [0.29, 0.717) is 11.6 Å². The van der Waals surface area contributed by atoms with Gasteiger partial charge in [0.15, 0.2) is 0 Å². The number of allylic oxidation sites excluding steroid dienone is 4. The molecule has 1 atom stereocenters. The second-order valence-corrected chi connectivity index (χ2v) is 8.13. The van der Waals surface area contributed by atoms with Crippen LogP contribution in [0.4, 0.5) is 5.69 Å².